The summed E-state index contributed by atoms with van der Waals surface area (Å²) in [4.78, 5) is 17.7. The number of fused-ring (bicyclic) bond motifs is 1. The highest BCUT2D eigenvalue weighted by Gasteiger charge is 2.34. The smallest absolute Gasteiger partial charge is 0.259 e. The van der Waals surface area contributed by atoms with Gasteiger partial charge in [-0.25, -0.2) is 0 Å². The summed E-state index contributed by atoms with van der Waals surface area (Å²) in [6.07, 6.45) is 0. The van der Waals surface area contributed by atoms with Gasteiger partial charge in [0.15, 0.2) is 4.77 Å². The number of nitrogens with one attached hydrogen (secondary N) is 2. The lowest BCUT2D eigenvalue weighted by molar-refractivity contribution is 0.374. The summed E-state index contributed by atoms with van der Waals surface area (Å²) < 4.78 is 5.52. The van der Waals surface area contributed by atoms with Crippen LogP contribution in [0.4, 0.5) is 0 Å². The fraction of sp³-hybridized carbons (Fsp3) is 0.133. The molecule has 4 N–H and O–H groups in total. The third-order valence-electron chi connectivity index (χ3n) is 3.62. The van der Waals surface area contributed by atoms with Crippen molar-refractivity contribution < 1.29 is 4.74 Å². The molecule has 2 heterocycles. The summed E-state index contributed by atoms with van der Waals surface area (Å²) in [5, 5.41) is 9.44. The molecule has 6 nitrogen and oxygen atoms in total. The molecule has 1 aliphatic rings. The van der Waals surface area contributed by atoms with Gasteiger partial charge in [-0.1, -0.05) is 24.3 Å². The Morgan fingerprint density at radius 3 is 2.77 bits per heavy atom. The Labute approximate surface area is 130 Å². The SMILES string of the molecule is Cc1ccccc1[C@H]1C(C#N)=C(N)Oc2[nH]c(=S)[nH]c(=O)c21. The maximum Gasteiger partial charge on any atom is 0.259 e. The second kappa shape index (κ2) is 5.16. The number of nitrogens with two attached hydrogens (primary N) is 1. The first-order valence-electron chi connectivity index (χ1n) is 6.52. The number of nitrogens with zero attached hydrogens (tertiary/aromatic N) is 1. The van der Waals surface area contributed by atoms with E-state index < -0.39 is 11.5 Å². The van der Waals surface area contributed by atoms with E-state index in [2.05, 4.69) is 9.97 Å². The van der Waals surface area contributed by atoms with E-state index >= 15 is 0 Å². The summed E-state index contributed by atoms with van der Waals surface area (Å²) in [5.41, 5.74) is 7.73. The maximum atomic E-state index is 12.4. The molecule has 0 bridgehead atoms. The zero-order valence-electron chi connectivity index (χ0n) is 11.6. The van der Waals surface area contributed by atoms with Crippen LogP contribution < -0.4 is 16.0 Å². The van der Waals surface area contributed by atoms with E-state index in [0.717, 1.165) is 11.1 Å². The molecule has 2 aromatic rings. The maximum absolute atomic E-state index is 12.4. The number of ether oxygens (including phenoxy) is 1. The van der Waals surface area contributed by atoms with Gasteiger partial charge in [0.1, 0.15) is 11.6 Å². The third-order valence-corrected chi connectivity index (χ3v) is 3.82. The highest BCUT2D eigenvalue weighted by molar-refractivity contribution is 7.71. The van der Waals surface area contributed by atoms with Crippen LogP contribution in [0.15, 0.2) is 40.5 Å². The molecule has 0 radical (unpaired) electrons. The number of allylic oxidation sites excluding steroid dienone is 1. The average Bonchev–Trinajstić information content (AvgIpc) is 2.46. The molecule has 0 saturated heterocycles. The Balaban J connectivity index is 2.38. The van der Waals surface area contributed by atoms with Crippen LogP contribution >= 0.6 is 12.2 Å². The van der Waals surface area contributed by atoms with E-state index in [1.54, 1.807) is 0 Å². The Morgan fingerprint density at radius 2 is 2.09 bits per heavy atom. The Bertz CT molecular complexity index is 949. The van der Waals surface area contributed by atoms with Gasteiger partial charge in [0.05, 0.1) is 11.5 Å². The van der Waals surface area contributed by atoms with E-state index in [9.17, 15) is 10.1 Å². The topological polar surface area (TPSA) is 108 Å². The molecule has 0 spiro atoms. The normalized spacial score (nSPS) is 16.6. The summed E-state index contributed by atoms with van der Waals surface area (Å²) in [5.74, 6) is -0.441. The fourth-order valence-electron chi connectivity index (χ4n) is 2.61. The lowest BCUT2D eigenvalue weighted by atomic mass is 9.83. The van der Waals surface area contributed by atoms with Crippen molar-refractivity contribution in [1.82, 2.24) is 9.97 Å². The lowest BCUT2D eigenvalue weighted by Crippen LogP contribution is -2.29. The molecule has 7 heteroatoms. The summed E-state index contributed by atoms with van der Waals surface area (Å²) in [6.45, 7) is 1.91. The van der Waals surface area contributed by atoms with Crippen LogP contribution in [0.3, 0.4) is 0 Å². The van der Waals surface area contributed by atoms with Crippen molar-refractivity contribution in [2.45, 2.75) is 12.8 Å². The Morgan fingerprint density at radius 1 is 1.36 bits per heavy atom. The minimum atomic E-state index is -0.592. The number of nitriles is 1. The molecular formula is C15H12N4O2S. The average molecular weight is 312 g/mol. The quantitative estimate of drug-likeness (QED) is 0.698. The van der Waals surface area contributed by atoms with Crippen molar-refractivity contribution in [2.24, 2.45) is 5.73 Å². The van der Waals surface area contributed by atoms with Crippen molar-refractivity contribution in [3.63, 3.8) is 0 Å². The molecule has 0 amide bonds. The first-order chi connectivity index (χ1) is 10.5. The second-order valence-electron chi connectivity index (χ2n) is 4.93. The number of H-pyrrole nitrogens is 2. The van der Waals surface area contributed by atoms with Crippen LogP contribution in [-0.4, -0.2) is 9.97 Å². The van der Waals surface area contributed by atoms with Crippen molar-refractivity contribution >= 4 is 12.2 Å². The summed E-state index contributed by atoms with van der Waals surface area (Å²) in [7, 11) is 0. The van der Waals surface area contributed by atoms with Gasteiger partial charge in [0, 0.05) is 0 Å². The van der Waals surface area contributed by atoms with Gasteiger partial charge in [-0.05, 0) is 30.3 Å². The molecule has 3 rings (SSSR count). The minimum Gasteiger partial charge on any atom is -0.424 e. The molecular weight excluding hydrogens is 300 g/mol. The van der Waals surface area contributed by atoms with E-state index in [1.807, 2.05) is 37.3 Å². The monoisotopic (exact) mass is 312 g/mol. The second-order valence-corrected chi connectivity index (χ2v) is 5.34. The van der Waals surface area contributed by atoms with E-state index in [1.165, 1.54) is 0 Å². The molecule has 110 valence electrons. The lowest BCUT2D eigenvalue weighted by Gasteiger charge is -2.25. The molecule has 0 aliphatic carbocycles. The number of aryl methyl sites for hydroxylation is 1. The number of hydrogen-bond acceptors (Lipinski definition) is 5. The molecule has 1 aliphatic heterocycles. The Hall–Kier alpha value is -2.85. The van der Waals surface area contributed by atoms with Crippen LogP contribution in [0.5, 0.6) is 5.88 Å². The van der Waals surface area contributed by atoms with Crippen molar-refractivity contribution in [3.05, 3.63) is 67.5 Å². The van der Waals surface area contributed by atoms with Gasteiger partial charge in [0.2, 0.25) is 11.8 Å². The molecule has 1 aromatic heterocycles. The highest BCUT2D eigenvalue weighted by atomic mass is 32.1. The van der Waals surface area contributed by atoms with E-state index in [4.69, 9.17) is 22.7 Å². The molecule has 1 aromatic carbocycles. The first-order valence-corrected chi connectivity index (χ1v) is 6.93. The van der Waals surface area contributed by atoms with Crippen LogP contribution in [0.1, 0.15) is 22.6 Å². The fourth-order valence-corrected chi connectivity index (χ4v) is 2.80. The van der Waals surface area contributed by atoms with Gasteiger partial charge < -0.3 is 15.5 Å². The largest absolute Gasteiger partial charge is 0.424 e. The summed E-state index contributed by atoms with van der Waals surface area (Å²) >= 11 is 4.95. The number of hydrogen-bond donors (Lipinski definition) is 3. The number of rotatable bonds is 1. The zero-order valence-corrected chi connectivity index (χ0v) is 12.5. The highest BCUT2D eigenvalue weighted by Crippen LogP contribution is 2.39. The van der Waals surface area contributed by atoms with Crippen LogP contribution in [0.2, 0.25) is 0 Å². The van der Waals surface area contributed by atoms with Gasteiger partial charge in [-0.15, -0.1) is 0 Å². The molecule has 0 saturated carbocycles. The Kier molecular flexibility index (Phi) is 3.31. The number of aromatic nitrogens is 2. The molecule has 0 unspecified atom stereocenters. The zero-order chi connectivity index (χ0) is 15.9. The molecule has 1 atom stereocenters. The minimum absolute atomic E-state index is 0.0282. The van der Waals surface area contributed by atoms with Gasteiger partial charge in [-0.3, -0.25) is 9.78 Å². The van der Waals surface area contributed by atoms with Crippen molar-refractivity contribution in [2.75, 3.05) is 0 Å². The number of aromatic amines is 2. The van der Waals surface area contributed by atoms with Gasteiger partial charge >= 0.3 is 0 Å². The molecule has 22 heavy (non-hydrogen) atoms. The van der Waals surface area contributed by atoms with Crippen LogP contribution in [-0.2, 0) is 0 Å². The first kappa shape index (κ1) is 14.1. The third kappa shape index (κ3) is 2.10. The van der Waals surface area contributed by atoms with Gasteiger partial charge in [0.25, 0.3) is 5.56 Å². The van der Waals surface area contributed by atoms with Crippen LogP contribution in [0.25, 0.3) is 0 Å². The predicted molar refractivity (Wildman–Crippen MR) is 82.7 cm³/mol. The van der Waals surface area contributed by atoms with E-state index in [-0.39, 0.29) is 22.1 Å². The van der Waals surface area contributed by atoms with E-state index in [0.29, 0.717) is 5.56 Å². The standard InChI is InChI=1S/C15H12N4O2S/c1-7-4-2-3-5-8(7)10-9(6-16)12(17)21-14-11(10)13(20)18-15(22)19-14/h2-5,10H,17H2,1H3,(H2,18,19,20,22)/t10-/m0/s1. The summed E-state index contributed by atoms with van der Waals surface area (Å²) in [6, 6.07) is 9.56. The van der Waals surface area contributed by atoms with Crippen molar-refractivity contribution in [1.29, 1.82) is 5.26 Å². The molecule has 0 fully saturated rings. The predicted octanol–water partition coefficient (Wildman–Crippen LogP) is 1.96. The number of benzene rings is 1. The van der Waals surface area contributed by atoms with Gasteiger partial charge in [-0.2, -0.15) is 5.26 Å². The van der Waals surface area contributed by atoms with Crippen molar-refractivity contribution in [3.8, 4) is 11.9 Å². The van der Waals surface area contributed by atoms with Crippen LogP contribution in [0, 0.1) is 23.0 Å².